The largest absolute Gasteiger partial charge is 0.488 e. The molecule has 2 aliphatic rings. The van der Waals surface area contributed by atoms with E-state index in [2.05, 4.69) is 0 Å². The molecule has 0 spiro atoms. The van der Waals surface area contributed by atoms with Crippen LogP contribution in [0.5, 0.6) is 5.75 Å². The zero-order valence-electron chi connectivity index (χ0n) is 11.3. The van der Waals surface area contributed by atoms with Crippen molar-refractivity contribution in [2.75, 3.05) is 6.54 Å². The number of benzene rings is 2. The lowest BCUT2D eigenvalue weighted by Crippen LogP contribution is -2.38. The van der Waals surface area contributed by atoms with Crippen LogP contribution in [0.2, 0.25) is 0 Å². The quantitative estimate of drug-likeness (QED) is 0.792. The highest BCUT2D eigenvalue weighted by Crippen LogP contribution is 2.30. The molecule has 0 saturated carbocycles. The van der Waals surface area contributed by atoms with Crippen LogP contribution in [0.15, 0.2) is 48.5 Å². The number of imide groups is 1. The van der Waals surface area contributed by atoms with E-state index >= 15 is 0 Å². The maximum absolute atomic E-state index is 12.3. The summed E-state index contributed by atoms with van der Waals surface area (Å²) in [6.07, 6.45) is 0.563. The topological polar surface area (TPSA) is 46.6 Å². The maximum Gasteiger partial charge on any atom is 0.261 e. The molecule has 2 aromatic carbocycles. The van der Waals surface area contributed by atoms with Crippen LogP contribution in [0.3, 0.4) is 0 Å². The standard InChI is InChI=1S/C17H13NO3/c19-16-13-6-2-3-7-14(13)17(20)18(16)10-12-9-11-5-1-4-8-15(11)21-12/h1-8,12H,9-10H2. The molecule has 2 aromatic rings. The van der Waals surface area contributed by atoms with Crippen LogP contribution in [0.25, 0.3) is 0 Å². The Morgan fingerprint density at radius 1 is 0.952 bits per heavy atom. The van der Waals surface area contributed by atoms with E-state index in [4.69, 9.17) is 4.74 Å². The van der Waals surface area contributed by atoms with Crippen LogP contribution in [0, 0.1) is 0 Å². The summed E-state index contributed by atoms with van der Waals surface area (Å²) >= 11 is 0. The second kappa shape index (κ2) is 4.45. The van der Waals surface area contributed by atoms with Crippen LogP contribution in [0.1, 0.15) is 26.3 Å². The minimum absolute atomic E-state index is 0.162. The number of hydrogen-bond donors (Lipinski definition) is 0. The van der Waals surface area contributed by atoms with Gasteiger partial charge in [-0.05, 0) is 23.8 Å². The number of para-hydroxylation sites is 1. The average molecular weight is 279 g/mol. The summed E-state index contributed by atoms with van der Waals surface area (Å²) in [5.41, 5.74) is 2.09. The summed E-state index contributed by atoms with van der Waals surface area (Å²) in [5, 5.41) is 0. The first-order chi connectivity index (χ1) is 10.2. The molecule has 2 aliphatic heterocycles. The average Bonchev–Trinajstić information content (AvgIpc) is 3.02. The van der Waals surface area contributed by atoms with E-state index in [1.807, 2.05) is 24.3 Å². The number of hydrogen-bond acceptors (Lipinski definition) is 3. The summed E-state index contributed by atoms with van der Waals surface area (Å²) in [6, 6.07) is 14.7. The van der Waals surface area contributed by atoms with Crippen LogP contribution in [-0.2, 0) is 6.42 Å². The van der Waals surface area contributed by atoms with E-state index in [9.17, 15) is 9.59 Å². The normalized spacial score (nSPS) is 19.4. The molecular weight excluding hydrogens is 266 g/mol. The lowest BCUT2D eigenvalue weighted by Gasteiger charge is -2.18. The third-order valence-electron chi connectivity index (χ3n) is 3.98. The predicted octanol–water partition coefficient (Wildman–Crippen LogP) is 2.29. The Morgan fingerprint density at radius 3 is 2.24 bits per heavy atom. The molecule has 104 valence electrons. The van der Waals surface area contributed by atoms with Gasteiger partial charge < -0.3 is 4.74 Å². The molecule has 1 atom stereocenters. The van der Waals surface area contributed by atoms with Gasteiger partial charge in [-0.15, -0.1) is 0 Å². The lowest BCUT2D eigenvalue weighted by atomic mass is 10.1. The molecule has 4 heteroatoms. The van der Waals surface area contributed by atoms with Gasteiger partial charge in [0.2, 0.25) is 0 Å². The van der Waals surface area contributed by atoms with Crippen molar-refractivity contribution in [3.63, 3.8) is 0 Å². The number of fused-ring (bicyclic) bond motifs is 2. The van der Waals surface area contributed by atoms with Crippen molar-refractivity contribution < 1.29 is 14.3 Å². The minimum atomic E-state index is -0.227. The zero-order valence-corrected chi connectivity index (χ0v) is 11.3. The minimum Gasteiger partial charge on any atom is -0.488 e. The fourth-order valence-electron chi connectivity index (χ4n) is 2.96. The molecule has 4 rings (SSSR count). The molecule has 4 nitrogen and oxygen atoms in total. The summed E-state index contributed by atoms with van der Waals surface area (Å²) in [7, 11) is 0. The SMILES string of the molecule is O=C1c2ccccc2C(=O)N1CC1Cc2ccccc2O1. The Balaban J connectivity index is 1.55. The van der Waals surface area contributed by atoms with Crippen LogP contribution < -0.4 is 4.74 Å². The summed E-state index contributed by atoms with van der Waals surface area (Å²) in [4.78, 5) is 25.9. The first-order valence-electron chi connectivity index (χ1n) is 6.94. The Labute approximate surface area is 121 Å². The van der Waals surface area contributed by atoms with E-state index in [0.717, 1.165) is 17.7 Å². The van der Waals surface area contributed by atoms with Crippen molar-refractivity contribution >= 4 is 11.8 Å². The monoisotopic (exact) mass is 279 g/mol. The Kier molecular flexibility index (Phi) is 2.57. The highest BCUT2D eigenvalue weighted by Gasteiger charge is 2.38. The number of amides is 2. The molecule has 0 saturated heterocycles. The fraction of sp³-hybridized carbons (Fsp3) is 0.176. The maximum atomic E-state index is 12.3. The summed E-state index contributed by atoms with van der Waals surface area (Å²) in [6.45, 7) is 0.293. The van der Waals surface area contributed by atoms with Crippen molar-refractivity contribution in [2.24, 2.45) is 0 Å². The van der Waals surface area contributed by atoms with Gasteiger partial charge in [0.05, 0.1) is 17.7 Å². The molecule has 0 bridgehead atoms. The third-order valence-corrected chi connectivity index (χ3v) is 3.98. The third kappa shape index (κ3) is 1.83. The second-order valence-corrected chi connectivity index (χ2v) is 5.32. The molecule has 1 unspecified atom stereocenters. The smallest absolute Gasteiger partial charge is 0.261 e. The van der Waals surface area contributed by atoms with Gasteiger partial charge in [-0.25, -0.2) is 0 Å². The van der Waals surface area contributed by atoms with E-state index in [0.29, 0.717) is 17.7 Å². The Morgan fingerprint density at radius 2 is 1.57 bits per heavy atom. The van der Waals surface area contributed by atoms with Gasteiger partial charge in [0.1, 0.15) is 11.9 Å². The number of rotatable bonds is 2. The van der Waals surface area contributed by atoms with Crippen molar-refractivity contribution in [3.05, 3.63) is 65.2 Å². The van der Waals surface area contributed by atoms with Crippen LogP contribution >= 0.6 is 0 Å². The fourth-order valence-corrected chi connectivity index (χ4v) is 2.96. The van der Waals surface area contributed by atoms with Crippen LogP contribution in [0.4, 0.5) is 0 Å². The molecular formula is C17H13NO3. The van der Waals surface area contributed by atoms with Crippen molar-refractivity contribution in [2.45, 2.75) is 12.5 Å². The van der Waals surface area contributed by atoms with E-state index < -0.39 is 0 Å². The molecule has 21 heavy (non-hydrogen) atoms. The van der Waals surface area contributed by atoms with Gasteiger partial charge >= 0.3 is 0 Å². The predicted molar refractivity (Wildman–Crippen MR) is 76.4 cm³/mol. The first kappa shape index (κ1) is 12.1. The van der Waals surface area contributed by atoms with Gasteiger partial charge in [0.15, 0.2) is 0 Å². The molecule has 0 aliphatic carbocycles. The molecule has 0 radical (unpaired) electrons. The van der Waals surface area contributed by atoms with Gasteiger partial charge in [-0.1, -0.05) is 30.3 Å². The van der Waals surface area contributed by atoms with Crippen molar-refractivity contribution in [1.29, 1.82) is 0 Å². The summed E-state index contributed by atoms with van der Waals surface area (Å²) < 4.78 is 5.82. The molecule has 0 fully saturated rings. The second-order valence-electron chi connectivity index (χ2n) is 5.32. The van der Waals surface area contributed by atoms with Gasteiger partial charge in [0, 0.05) is 6.42 Å². The number of carbonyl (C=O) groups is 2. The molecule has 2 heterocycles. The van der Waals surface area contributed by atoms with Gasteiger partial charge in [-0.2, -0.15) is 0 Å². The van der Waals surface area contributed by atoms with Gasteiger partial charge in [-0.3, -0.25) is 14.5 Å². The van der Waals surface area contributed by atoms with Gasteiger partial charge in [0.25, 0.3) is 11.8 Å². The van der Waals surface area contributed by atoms with E-state index in [1.165, 1.54) is 4.90 Å². The Bertz CT molecular complexity index is 693. The van der Waals surface area contributed by atoms with Crippen molar-refractivity contribution in [1.82, 2.24) is 4.90 Å². The number of nitrogens with zero attached hydrogens (tertiary/aromatic N) is 1. The molecule has 0 N–H and O–H groups in total. The van der Waals surface area contributed by atoms with Crippen molar-refractivity contribution in [3.8, 4) is 5.75 Å². The number of ether oxygens (including phenoxy) is 1. The highest BCUT2D eigenvalue weighted by atomic mass is 16.5. The van der Waals surface area contributed by atoms with E-state index in [-0.39, 0.29) is 17.9 Å². The lowest BCUT2D eigenvalue weighted by molar-refractivity contribution is 0.0587. The number of carbonyl (C=O) groups excluding carboxylic acids is 2. The molecule has 0 aromatic heterocycles. The van der Waals surface area contributed by atoms with E-state index in [1.54, 1.807) is 24.3 Å². The summed E-state index contributed by atoms with van der Waals surface area (Å²) in [5.74, 6) is 0.393. The zero-order chi connectivity index (χ0) is 14.4. The Hall–Kier alpha value is -2.62. The first-order valence-corrected chi connectivity index (χ1v) is 6.94. The molecule has 2 amide bonds. The highest BCUT2D eigenvalue weighted by molar-refractivity contribution is 6.21. The van der Waals surface area contributed by atoms with Crippen LogP contribution in [-0.4, -0.2) is 29.4 Å².